The summed E-state index contributed by atoms with van der Waals surface area (Å²) < 4.78 is 0. The molecule has 1 aliphatic heterocycles. The Labute approximate surface area is 122 Å². The number of hydrogen-bond acceptors (Lipinski definition) is 4. The van der Waals surface area contributed by atoms with E-state index < -0.39 is 12.0 Å². The van der Waals surface area contributed by atoms with Crippen LogP contribution in [0.1, 0.15) is 19.3 Å². The Kier molecular flexibility index (Phi) is 8.13. The minimum atomic E-state index is -0.974. The Bertz CT molecular complexity index is 297. The normalized spacial score (nSPS) is 17.7. The topological polar surface area (TPSA) is 78.4 Å². The summed E-state index contributed by atoms with van der Waals surface area (Å²) in [7, 11) is 0. The molecule has 2 amide bonds. The van der Waals surface area contributed by atoms with E-state index in [4.69, 9.17) is 5.11 Å². The molecule has 3 N–H and O–H groups in total. The highest BCUT2D eigenvalue weighted by Crippen LogP contribution is 2.21. The van der Waals surface area contributed by atoms with Gasteiger partial charge in [-0.25, -0.2) is 9.59 Å². The first-order chi connectivity index (χ1) is 9.13. The van der Waals surface area contributed by atoms with Crippen molar-refractivity contribution in [2.24, 2.45) is 5.92 Å². The Morgan fingerprint density at radius 3 is 2.68 bits per heavy atom. The molecule has 0 aromatic heterocycles. The minimum Gasteiger partial charge on any atom is -0.480 e. The Morgan fingerprint density at radius 1 is 1.42 bits per heavy atom. The van der Waals surface area contributed by atoms with Gasteiger partial charge >= 0.3 is 12.0 Å². The zero-order valence-corrected chi connectivity index (χ0v) is 12.8. The number of urea groups is 1. The van der Waals surface area contributed by atoms with E-state index in [1.54, 1.807) is 11.8 Å². The number of carboxylic acids is 1. The van der Waals surface area contributed by atoms with Crippen LogP contribution in [-0.2, 0) is 4.79 Å². The fourth-order valence-corrected chi connectivity index (χ4v) is 3.57. The third-order valence-electron chi connectivity index (χ3n) is 3.11. The number of carboxylic acid groups (broad SMARTS) is 1. The van der Waals surface area contributed by atoms with Gasteiger partial charge in [0.1, 0.15) is 6.04 Å². The molecule has 110 valence electrons. The van der Waals surface area contributed by atoms with E-state index in [0.717, 1.165) is 30.1 Å². The molecule has 0 aromatic carbocycles. The maximum absolute atomic E-state index is 11.7. The van der Waals surface area contributed by atoms with Gasteiger partial charge in [0.15, 0.2) is 0 Å². The van der Waals surface area contributed by atoms with Gasteiger partial charge in [-0.15, -0.1) is 0 Å². The molecule has 1 saturated heterocycles. The van der Waals surface area contributed by atoms with E-state index in [-0.39, 0.29) is 6.03 Å². The van der Waals surface area contributed by atoms with Crippen molar-refractivity contribution in [1.29, 1.82) is 0 Å². The van der Waals surface area contributed by atoms with Gasteiger partial charge < -0.3 is 15.7 Å². The summed E-state index contributed by atoms with van der Waals surface area (Å²) in [6.07, 6.45) is 4.61. The van der Waals surface area contributed by atoms with Crippen LogP contribution >= 0.6 is 23.5 Å². The van der Waals surface area contributed by atoms with Gasteiger partial charge in [0.2, 0.25) is 0 Å². The number of amides is 2. The van der Waals surface area contributed by atoms with Crippen LogP contribution in [0.5, 0.6) is 0 Å². The first-order valence-electron chi connectivity index (χ1n) is 6.47. The van der Waals surface area contributed by atoms with Crippen molar-refractivity contribution in [1.82, 2.24) is 10.6 Å². The lowest BCUT2D eigenvalue weighted by molar-refractivity contribution is -0.139. The predicted octanol–water partition coefficient (Wildman–Crippen LogP) is 1.64. The number of aliphatic carboxylic acids is 1. The van der Waals surface area contributed by atoms with Crippen LogP contribution in [0, 0.1) is 5.92 Å². The molecule has 7 heteroatoms. The Morgan fingerprint density at radius 2 is 2.11 bits per heavy atom. The lowest BCUT2D eigenvalue weighted by Crippen LogP contribution is -2.47. The fourth-order valence-electron chi connectivity index (χ4n) is 1.89. The van der Waals surface area contributed by atoms with Gasteiger partial charge in [-0.3, -0.25) is 0 Å². The van der Waals surface area contributed by atoms with E-state index in [1.807, 2.05) is 18.0 Å². The zero-order valence-electron chi connectivity index (χ0n) is 11.2. The molecule has 5 nitrogen and oxygen atoms in total. The van der Waals surface area contributed by atoms with Gasteiger partial charge in [0, 0.05) is 6.54 Å². The molecule has 1 fully saturated rings. The largest absolute Gasteiger partial charge is 0.480 e. The van der Waals surface area contributed by atoms with Crippen LogP contribution < -0.4 is 10.6 Å². The highest BCUT2D eigenvalue weighted by molar-refractivity contribution is 7.99. The molecule has 19 heavy (non-hydrogen) atoms. The molecule has 0 unspecified atom stereocenters. The molecule has 1 rings (SSSR count). The number of thioether (sulfide) groups is 2. The van der Waals surface area contributed by atoms with E-state index in [0.29, 0.717) is 18.9 Å². The van der Waals surface area contributed by atoms with Crippen molar-refractivity contribution < 1.29 is 14.7 Å². The molecule has 0 saturated carbocycles. The van der Waals surface area contributed by atoms with E-state index in [1.165, 1.54) is 0 Å². The first kappa shape index (κ1) is 16.5. The quantitative estimate of drug-likeness (QED) is 0.666. The van der Waals surface area contributed by atoms with Crippen LogP contribution in [-0.4, -0.2) is 53.2 Å². The monoisotopic (exact) mass is 306 g/mol. The second kappa shape index (κ2) is 9.36. The molecule has 0 aromatic rings. The molecule has 0 aliphatic carbocycles. The second-order valence-electron chi connectivity index (χ2n) is 4.58. The Balaban J connectivity index is 2.25. The molecular weight excluding hydrogens is 284 g/mol. The number of carbonyl (C=O) groups is 2. The summed E-state index contributed by atoms with van der Waals surface area (Å²) in [5.41, 5.74) is 0. The van der Waals surface area contributed by atoms with Gasteiger partial charge in [-0.05, 0) is 48.7 Å². The predicted molar refractivity (Wildman–Crippen MR) is 81.0 cm³/mol. The van der Waals surface area contributed by atoms with E-state index >= 15 is 0 Å². The van der Waals surface area contributed by atoms with E-state index in [9.17, 15) is 9.59 Å². The van der Waals surface area contributed by atoms with Crippen LogP contribution in [0.25, 0.3) is 0 Å². The summed E-state index contributed by atoms with van der Waals surface area (Å²) >= 11 is 3.52. The molecular formula is C12H22N2O3S2. The standard InChI is InChI=1S/C12H22N2O3S2/c1-18-5-4-10(11(15)16)14-12(17)13-8-9-2-6-19-7-3-9/h9-10H,2-8H2,1H3,(H,15,16)(H2,13,14,17)/t10-/m0/s1. The number of carbonyl (C=O) groups excluding carboxylic acids is 1. The van der Waals surface area contributed by atoms with Gasteiger partial charge in [-0.1, -0.05) is 0 Å². The van der Waals surface area contributed by atoms with Gasteiger partial charge in [0.05, 0.1) is 0 Å². The third-order valence-corrected chi connectivity index (χ3v) is 4.80. The van der Waals surface area contributed by atoms with Crippen molar-refractivity contribution in [3.05, 3.63) is 0 Å². The maximum Gasteiger partial charge on any atom is 0.326 e. The van der Waals surface area contributed by atoms with E-state index in [2.05, 4.69) is 10.6 Å². The molecule has 0 spiro atoms. The summed E-state index contributed by atoms with van der Waals surface area (Å²) in [6, 6.07) is -1.17. The third kappa shape index (κ3) is 6.96. The van der Waals surface area contributed by atoms with Gasteiger partial charge in [-0.2, -0.15) is 23.5 Å². The minimum absolute atomic E-state index is 0.369. The van der Waals surface area contributed by atoms with Crippen LogP contribution in [0.4, 0.5) is 4.79 Å². The highest BCUT2D eigenvalue weighted by Gasteiger charge is 2.20. The zero-order chi connectivity index (χ0) is 14.1. The molecule has 0 bridgehead atoms. The summed E-state index contributed by atoms with van der Waals surface area (Å²) in [5, 5.41) is 14.3. The van der Waals surface area contributed by atoms with Crippen LogP contribution in [0.15, 0.2) is 0 Å². The summed E-state index contributed by atoms with van der Waals surface area (Å²) in [5.74, 6) is 2.58. The van der Waals surface area contributed by atoms with Crippen molar-refractivity contribution >= 4 is 35.5 Å². The molecule has 0 radical (unpaired) electrons. The molecule has 1 heterocycles. The van der Waals surface area contributed by atoms with Gasteiger partial charge in [0.25, 0.3) is 0 Å². The van der Waals surface area contributed by atoms with Crippen molar-refractivity contribution in [3.63, 3.8) is 0 Å². The van der Waals surface area contributed by atoms with Crippen molar-refractivity contribution in [2.45, 2.75) is 25.3 Å². The highest BCUT2D eigenvalue weighted by atomic mass is 32.2. The fraction of sp³-hybridized carbons (Fsp3) is 0.833. The lowest BCUT2D eigenvalue weighted by atomic mass is 10.0. The first-order valence-corrected chi connectivity index (χ1v) is 9.02. The van der Waals surface area contributed by atoms with Crippen LogP contribution in [0.2, 0.25) is 0 Å². The lowest BCUT2D eigenvalue weighted by Gasteiger charge is -2.22. The smallest absolute Gasteiger partial charge is 0.326 e. The van der Waals surface area contributed by atoms with Crippen LogP contribution in [0.3, 0.4) is 0 Å². The number of nitrogens with one attached hydrogen (secondary N) is 2. The SMILES string of the molecule is CSCC[C@H](NC(=O)NCC1CCSCC1)C(=O)O. The average Bonchev–Trinajstić information content (AvgIpc) is 2.42. The number of rotatable bonds is 7. The summed E-state index contributed by atoms with van der Waals surface area (Å²) in [4.78, 5) is 22.7. The maximum atomic E-state index is 11.7. The van der Waals surface area contributed by atoms with Crippen molar-refractivity contribution in [3.8, 4) is 0 Å². The average molecular weight is 306 g/mol. The number of hydrogen-bond donors (Lipinski definition) is 3. The van der Waals surface area contributed by atoms with Crippen molar-refractivity contribution in [2.75, 3.05) is 30.1 Å². The molecule has 1 aliphatic rings. The summed E-state index contributed by atoms with van der Waals surface area (Å²) in [6.45, 7) is 0.640. The Hall–Kier alpha value is -0.560. The second-order valence-corrected chi connectivity index (χ2v) is 6.79. The molecule has 1 atom stereocenters.